The molecular weight excluding hydrogens is 454 g/mol. The number of pyridine rings is 1. The third-order valence-corrected chi connectivity index (χ3v) is 6.95. The zero-order valence-corrected chi connectivity index (χ0v) is 20.3. The molecule has 36 heavy (non-hydrogen) atoms. The lowest BCUT2D eigenvalue weighted by molar-refractivity contribution is 0.0712. The number of aryl methyl sites for hydroxylation is 2. The van der Waals surface area contributed by atoms with Crippen LogP contribution in [-0.4, -0.2) is 50.9 Å². The molecule has 1 saturated heterocycles. The normalized spacial score (nSPS) is 14.2. The molecule has 0 spiro atoms. The molecule has 0 aliphatic carbocycles. The molecule has 1 aliphatic heterocycles. The molecule has 0 bridgehead atoms. The van der Waals surface area contributed by atoms with Crippen molar-refractivity contribution in [3.63, 3.8) is 0 Å². The van der Waals surface area contributed by atoms with E-state index in [2.05, 4.69) is 41.9 Å². The third-order valence-electron chi connectivity index (χ3n) is 6.95. The van der Waals surface area contributed by atoms with Crippen LogP contribution >= 0.6 is 0 Å². The molecule has 182 valence electrons. The number of fused-ring (bicyclic) bond motifs is 3. The molecule has 8 nitrogen and oxygen atoms in total. The Bertz CT molecular complexity index is 1650. The van der Waals surface area contributed by atoms with Crippen LogP contribution in [0.5, 0.6) is 0 Å². The van der Waals surface area contributed by atoms with Crippen LogP contribution in [0.25, 0.3) is 16.7 Å². The van der Waals surface area contributed by atoms with Gasteiger partial charge < -0.3 is 18.6 Å². The summed E-state index contributed by atoms with van der Waals surface area (Å²) in [6.45, 7) is 7.21. The highest BCUT2D eigenvalue weighted by Crippen LogP contribution is 2.24. The van der Waals surface area contributed by atoms with Gasteiger partial charge in [-0.25, -0.2) is 4.98 Å². The van der Waals surface area contributed by atoms with E-state index < -0.39 is 0 Å². The highest BCUT2D eigenvalue weighted by Gasteiger charge is 2.25. The van der Waals surface area contributed by atoms with Crippen molar-refractivity contribution >= 4 is 28.3 Å². The number of amides is 1. The first-order valence-electron chi connectivity index (χ1n) is 12.1. The minimum atomic E-state index is -0.155. The van der Waals surface area contributed by atoms with Gasteiger partial charge in [-0.15, -0.1) is 0 Å². The van der Waals surface area contributed by atoms with Crippen molar-refractivity contribution in [3.8, 4) is 0 Å². The van der Waals surface area contributed by atoms with E-state index in [0.29, 0.717) is 35.8 Å². The molecular formula is C28H27N5O3. The predicted molar refractivity (Wildman–Crippen MR) is 139 cm³/mol. The smallest absolute Gasteiger partial charge is 0.289 e. The molecule has 1 aliphatic rings. The number of nitrogens with zero attached hydrogens (tertiary/aromatic N) is 5. The monoisotopic (exact) mass is 481 g/mol. The Balaban J connectivity index is 1.20. The van der Waals surface area contributed by atoms with E-state index in [0.717, 1.165) is 18.6 Å². The van der Waals surface area contributed by atoms with Crippen LogP contribution in [0.3, 0.4) is 0 Å². The van der Waals surface area contributed by atoms with E-state index in [-0.39, 0.29) is 18.0 Å². The minimum absolute atomic E-state index is 0.126. The molecule has 6 rings (SSSR count). The van der Waals surface area contributed by atoms with Crippen molar-refractivity contribution in [2.24, 2.45) is 0 Å². The van der Waals surface area contributed by atoms with Crippen molar-refractivity contribution in [2.45, 2.75) is 20.4 Å². The number of carbonyl (C=O) groups excluding carboxylic acids is 1. The Morgan fingerprint density at radius 1 is 0.972 bits per heavy atom. The second-order valence-corrected chi connectivity index (χ2v) is 9.34. The van der Waals surface area contributed by atoms with Crippen molar-refractivity contribution < 1.29 is 9.21 Å². The number of furan rings is 1. The number of aromatic nitrogens is 3. The Morgan fingerprint density at radius 3 is 2.61 bits per heavy atom. The van der Waals surface area contributed by atoms with E-state index in [1.54, 1.807) is 29.0 Å². The van der Waals surface area contributed by atoms with Gasteiger partial charge in [0.2, 0.25) is 0 Å². The molecule has 0 saturated carbocycles. The fraction of sp³-hybridized carbons (Fsp3) is 0.250. The molecule has 5 aromatic rings. The zero-order chi connectivity index (χ0) is 24.8. The second kappa shape index (κ2) is 8.71. The Kier molecular flexibility index (Phi) is 5.36. The maximum Gasteiger partial charge on any atom is 0.289 e. The van der Waals surface area contributed by atoms with Crippen LogP contribution in [0.2, 0.25) is 0 Å². The van der Waals surface area contributed by atoms with E-state index in [1.807, 2.05) is 33.7 Å². The molecule has 5 heterocycles. The van der Waals surface area contributed by atoms with Gasteiger partial charge in [0, 0.05) is 44.3 Å². The summed E-state index contributed by atoms with van der Waals surface area (Å²) in [6, 6.07) is 17.4. The van der Waals surface area contributed by atoms with E-state index >= 15 is 0 Å². The molecule has 1 fully saturated rings. The summed E-state index contributed by atoms with van der Waals surface area (Å²) in [4.78, 5) is 35.0. The van der Waals surface area contributed by atoms with Gasteiger partial charge in [0.25, 0.3) is 11.5 Å². The standard InChI is InChI=1S/C28H27N5O3/c1-19-7-8-20(2)24(17-19)30-13-15-31(16-14-30)28(35)25-10-9-21(36-25)18-33-26-22(5-3-11-29-26)32-12-4-6-23(32)27(33)34/h3-12,17H,13-16,18H2,1-2H3. The molecule has 0 atom stereocenters. The summed E-state index contributed by atoms with van der Waals surface area (Å²) in [5.74, 6) is 0.704. The lowest BCUT2D eigenvalue weighted by Crippen LogP contribution is -2.49. The van der Waals surface area contributed by atoms with Gasteiger partial charge in [-0.05, 0) is 67.4 Å². The number of rotatable bonds is 4. The number of piperazine rings is 1. The lowest BCUT2D eigenvalue weighted by atomic mass is 10.1. The summed E-state index contributed by atoms with van der Waals surface area (Å²) in [5, 5.41) is 0. The fourth-order valence-electron chi connectivity index (χ4n) is 5.03. The van der Waals surface area contributed by atoms with Crippen molar-refractivity contribution in [2.75, 3.05) is 31.1 Å². The molecule has 0 unspecified atom stereocenters. The molecule has 8 heteroatoms. The number of hydrogen-bond acceptors (Lipinski definition) is 5. The summed E-state index contributed by atoms with van der Waals surface area (Å²) >= 11 is 0. The molecule has 1 aromatic carbocycles. The van der Waals surface area contributed by atoms with E-state index in [4.69, 9.17) is 4.42 Å². The molecule has 4 aromatic heterocycles. The fourth-order valence-corrected chi connectivity index (χ4v) is 5.03. The summed E-state index contributed by atoms with van der Waals surface area (Å²) in [6.07, 6.45) is 3.53. The van der Waals surface area contributed by atoms with Crippen LogP contribution in [-0.2, 0) is 6.54 Å². The van der Waals surface area contributed by atoms with Gasteiger partial charge in [0.1, 0.15) is 11.3 Å². The maximum absolute atomic E-state index is 13.2. The third kappa shape index (κ3) is 3.75. The highest BCUT2D eigenvalue weighted by molar-refractivity contribution is 5.91. The number of anilines is 1. The van der Waals surface area contributed by atoms with Crippen LogP contribution < -0.4 is 10.5 Å². The van der Waals surface area contributed by atoms with Crippen LogP contribution in [0.15, 0.2) is 76.2 Å². The van der Waals surface area contributed by atoms with Crippen molar-refractivity contribution in [3.05, 3.63) is 100.0 Å². The number of carbonyl (C=O) groups is 1. The largest absolute Gasteiger partial charge is 0.454 e. The van der Waals surface area contributed by atoms with E-state index in [1.165, 1.54) is 16.8 Å². The first-order valence-corrected chi connectivity index (χ1v) is 12.1. The number of benzene rings is 1. The van der Waals surface area contributed by atoms with Gasteiger partial charge in [-0.1, -0.05) is 12.1 Å². The van der Waals surface area contributed by atoms with Gasteiger partial charge in [0.15, 0.2) is 11.4 Å². The zero-order valence-electron chi connectivity index (χ0n) is 20.3. The average Bonchev–Trinajstić information content (AvgIpc) is 3.58. The van der Waals surface area contributed by atoms with E-state index in [9.17, 15) is 9.59 Å². The summed E-state index contributed by atoms with van der Waals surface area (Å²) in [5.41, 5.74) is 5.52. The average molecular weight is 482 g/mol. The van der Waals surface area contributed by atoms with Gasteiger partial charge in [-0.3, -0.25) is 14.2 Å². The maximum atomic E-state index is 13.2. The van der Waals surface area contributed by atoms with Gasteiger partial charge >= 0.3 is 0 Å². The molecule has 0 N–H and O–H groups in total. The van der Waals surface area contributed by atoms with Gasteiger partial charge in [-0.2, -0.15) is 0 Å². The predicted octanol–water partition coefficient (Wildman–Crippen LogP) is 3.87. The second-order valence-electron chi connectivity index (χ2n) is 9.34. The lowest BCUT2D eigenvalue weighted by Gasteiger charge is -2.36. The van der Waals surface area contributed by atoms with Crippen LogP contribution in [0.1, 0.15) is 27.4 Å². The SMILES string of the molecule is Cc1ccc(C)c(N2CCN(C(=O)c3ccc(Cn4c(=O)c5cccn5c5cccnc54)o3)CC2)c1. The molecule has 0 radical (unpaired) electrons. The van der Waals surface area contributed by atoms with Crippen molar-refractivity contribution in [1.82, 2.24) is 18.9 Å². The molecule has 1 amide bonds. The minimum Gasteiger partial charge on any atom is -0.454 e. The summed E-state index contributed by atoms with van der Waals surface area (Å²) in [7, 11) is 0. The quantitative estimate of drug-likeness (QED) is 0.390. The Labute approximate surface area is 208 Å². The first kappa shape index (κ1) is 22.2. The van der Waals surface area contributed by atoms with Crippen LogP contribution in [0, 0.1) is 13.8 Å². The van der Waals surface area contributed by atoms with Crippen molar-refractivity contribution in [1.29, 1.82) is 0 Å². The van der Waals surface area contributed by atoms with Gasteiger partial charge in [0.05, 0.1) is 12.1 Å². The van der Waals surface area contributed by atoms with Crippen LogP contribution in [0.4, 0.5) is 5.69 Å². The summed E-state index contributed by atoms with van der Waals surface area (Å²) < 4.78 is 9.39. The first-order chi connectivity index (χ1) is 17.5. The highest BCUT2D eigenvalue weighted by atomic mass is 16.4. The Hall–Kier alpha value is -4.33. The topological polar surface area (TPSA) is 76.0 Å². The Morgan fingerprint density at radius 2 is 1.78 bits per heavy atom. The number of hydrogen-bond donors (Lipinski definition) is 0.